The first-order chi connectivity index (χ1) is 10.7. The molecule has 3 heterocycles. The van der Waals surface area contributed by atoms with E-state index in [9.17, 15) is 0 Å². The van der Waals surface area contributed by atoms with Crippen LogP contribution in [0.15, 0.2) is 35.0 Å². The summed E-state index contributed by atoms with van der Waals surface area (Å²) in [6, 6.07) is 9.50. The van der Waals surface area contributed by atoms with E-state index in [1.807, 2.05) is 0 Å². The monoisotopic (exact) mass is 313 g/mol. The van der Waals surface area contributed by atoms with E-state index in [-0.39, 0.29) is 6.10 Å². The molecule has 1 aromatic carbocycles. The molecule has 3 atom stereocenters. The Kier molecular flexibility index (Phi) is 3.71. The molecule has 1 saturated heterocycles. The number of nitrogens with one attached hydrogen (secondary N) is 1. The van der Waals surface area contributed by atoms with Crippen molar-refractivity contribution in [1.82, 2.24) is 0 Å². The summed E-state index contributed by atoms with van der Waals surface area (Å²) in [5.74, 6) is 1.10. The number of anilines is 1. The summed E-state index contributed by atoms with van der Waals surface area (Å²) in [5.41, 5.74) is 5.43. The van der Waals surface area contributed by atoms with E-state index in [0.717, 1.165) is 6.61 Å². The Balaban J connectivity index is 1.77. The van der Waals surface area contributed by atoms with Crippen LogP contribution in [0.4, 0.5) is 5.69 Å². The van der Waals surface area contributed by atoms with Crippen molar-refractivity contribution in [2.24, 2.45) is 5.92 Å². The lowest BCUT2D eigenvalue weighted by Gasteiger charge is -2.43. The summed E-state index contributed by atoms with van der Waals surface area (Å²) in [7, 11) is 0. The molecule has 0 bridgehead atoms. The molecule has 116 valence electrons. The average Bonchev–Trinajstić information content (AvgIpc) is 3.08. The first-order valence-corrected chi connectivity index (χ1v) is 9.22. The van der Waals surface area contributed by atoms with Gasteiger partial charge in [-0.3, -0.25) is 0 Å². The van der Waals surface area contributed by atoms with Gasteiger partial charge in [0.25, 0.3) is 0 Å². The predicted molar refractivity (Wildman–Crippen MR) is 92.6 cm³/mol. The molecule has 2 nitrogen and oxygen atoms in total. The Morgan fingerprint density at radius 3 is 2.95 bits per heavy atom. The number of hydrogen-bond acceptors (Lipinski definition) is 3. The van der Waals surface area contributed by atoms with Crippen LogP contribution in [0.3, 0.4) is 0 Å². The van der Waals surface area contributed by atoms with E-state index in [4.69, 9.17) is 4.74 Å². The van der Waals surface area contributed by atoms with Gasteiger partial charge in [0.05, 0.1) is 12.1 Å². The summed E-state index contributed by atoms with van der Waals surface area (Å²) in [6.07, 6.45) is 2.65. The molecule has 2 aliphatic rings. The van der Waals surface area contributed by atoms with Gasteiger partial charge in [-0.2, -0.15) is 11.3 Å². The normalized spacial score (nSPS) is 27.1. The first-order valence-electron chi connectivity index (χ1n) is 8.28. The van der Waals surface area contributed by atoms with Crippen molar-refractivity contribution in [3.63, 3.8) is 0 Å². The van der Waals surface area contributed by atoms with Crippen molar-refractivity contribution < 1.29 is 4.74 Å². The molecular weight excluding hydrogens is 290 g/mol. The predicted octanol–water partition coefficient (Wildman–Crippen LogP) is 5.51. The largest absolute Gasteiger partial charge is 0.378 e. The molecule has 0 amide bonds. The van der Waals surface area contributed by atoms with Crippen LogP contribution < -0.4 is 5.32 Å². The van der Waals surface area contributed by atoms with Crippen LogP contribution in [0.2, 0.25) is 0 Å². The maximum atomic E-state index is 6.23. The molecule has 1 N–H and O–H groups in total. The van der Waals surface area contributed by atoms with Crippen molar-refractivity contribution in [2.45, 2.75) is 44.8 Å². The van der Waals surface area contributed by atoms with E-state index >= 15 is 0 Å². The summed E-state index contributed by atoms with van der Waals surface area (Å²) >= 11 is 1.78. The van der Waals surface area contributed by atoms with Gasteiger partial charge in [-0.15, -0.1) is 0 Å². The summed E-state index contributed by atoms with van der Waals surface area (Å²) in [4.78, 5) is 0. The van der Waals surface area contributed by atoms with Crippen molar-refractivity contribution in [3.05, 3.63) is 51.7 Å². The van der Waals surface area contributed by atoms with Crippen LogP contribution in [-0.4, -0.2) is 6.61 Å². The molecule has 1 fully saturated rings. The summed E-state index contributed by atoms with van der Waals surface area (Å²) in [6.45, 7) is 5.40. The zero-order valence-corrected chi connectivity index (χ0v) is 14.0. The molecule has 3 unspecified atom stereocenters. The minimum atomic E-state index is 0.244. The van der Waals surface area contributed by atoms with E-state index in [0.29, 0.717) is 17.9 Å². The van der Waals surface area contributed by atoms with Gasteiger partial charge >= 0.3 is 0 Å². The summed E-state index contributed by atoms with van der Waals surface area (Å²) in [5, 5.41) is 8.24. The van der Waals surface area contributed by atoms with E-state index in [2.05, 4.69) is 54.2 Å². The minimum absolute atomic E-state index is 0.244. The quantitative estimate of drug-likeness (QED) is 0.789. The second-order valence-electron chi connectivity index (χ2n) is 6.78. The number of rotatable bonds is 2. The zero-order chi connectivity index (χ0) is 15.1. The lowest BCUT2D eigenvalue weighted by Crippen LogP contribution is -2.35. The van der Waals surface area contributed by atoms with Crippen molar-refractivity contribution in [3.8, 4) is 0 Å². The topological polar surface area (TPSA) is 21.3 Å². The number of benzene rings is 1. The lowest BCUT2D eigenvalue weighted by molar-refractivity contribution is -0.0381. The van der Waals surface area contributed by atoms with E-state index in [1.54, 1.807) is 11.3 Å². The highest BCUT2D eigenvalue weighted by molar-refractivity contribution is 7.08. The fourth-order valence-electron chi connectivity index (χ4n) is 3.83. The van der Waals surface area contributed by atoms with Crippen molar-refractivity contribution in [2.75, 3.05) is 11.9 Å². The molecule has 22 heavy (non-hydrogen) atoms. The van der Waals surface area contributed by atoms with Gasteiger partial charge in [0.1, 0.15) is 0 Å². The van der Waals surface area contributed by atoms with Crippen LogP contribution >= 0.6 is 11.3 Å². The van der Waals surface area contributed by atoms with Gasteiger partial charge < -0.3 is 10.1 Å². The number of hydrogen-bond donors (Lipinski definition) is 1. The minimum Gasteiger partial charge on any atom is -0.378 e. The van der Waals surface area contributed by atoms with Gasteiger partial charge in [-0.1, -0.05) is 26.0 Å². The molecule has 0 saturated carbocycles. The van der Waals surface area contributed by atoms with E-state index in [1.165, 1.54) is 35.2 Å². The van der Waals surface area contributed by atoms with Gasteiger partial charge in [-0.05, 0) is 52.8 Å². The zero-order valence-electron chi connectivity index (χ0n) is 13.2. The smallest absolute Gasteiger partial charge is 0.0895 e. The first kappa shape index (κ1) is 14.3. The molecule has 1 aromatic heterocycles. The second-order valence-corrected chi connectivity index (χ2v) is 7.56. The Morgan fingerprint density at radius 2 is 2.18 bits per heavy atom. The van der Waals surface area contributed by atoms with Gasteiger partial charge in [0, 0.05) is 23.8 Å². The van der Waals surface area contributed by atoms with Crippen LogP contribution in [0.1, 0.15) is 61.4 Å². The van der Waals surface area contributed by atoms with Crippen LogP contribution in [0.25, 0.3) is 0 Å². The van der Waals surface area contributed by atoms with Crippen molar-refractivity contribution in [1.29, 1.82) is 0 Å². The molecule has 2 aliphatic heterocycles. The third kappa shape index (κ3) is 2.37. The number of fused-ring (bicyclic) bond motifs is 3. The molecule has 0 radical (unpaired) electrons. The fourth-order valence-corrected chi connectivity index (χ4v) is 4.53. The molecular formula is C19H23NOS. The average molecular weight is 313 g/mol. The Labute approximate surface area is 136 Å². The molecule has 2 aromatic rings. The summed E-state index contributed by atoms with van der Waals surface area (Å²) < 4.78 is 6.23. The molecule has 0 spiro atoms. The van der Waals surface area contributed by atoms with Crippen LogP contribution in [0.5, 0.6) is 0 Å². The molecule has 0 aliphatic carbocycles. The third-order valence-electron chi connectivity index (χ3n) is 5.06. The fraction of sp³-hybridized carbons (Fsp3) is 0.474. The van der Waals surface area contributed by atoms with E-state index < -0.39 is 0 Å². The highest BCUT2D eigenvalue weighted by atomic mass is 32.1. The maximum Gasteiger partial charge on any atom is 0.0895 e. The highest BCUT2D eigenvalue weighted by Gasteiger charge is 2.39. The molecule has 4 rings (SSSR count). The lowest BCUT2D eigenvalue weighted by atomic mass is 9.77. The van der Waals surface area contributed by atoms with Gasteiger partial charge in [-0.25, -0.2) is 0 Å². The Bertz CT molecular complexity index is 649. The highest BCUT2D eigenvalue weighted by Crippen LogP contribution is 2.49. The Morgan fingerprint density at radius 1 is 1.27 bits per heavy atom. The van der Waals surface area contributed by atoms with Crippen LogP contribution in [-0.2, 0) is 4.74 Å². The SMILES string of the molecule is CC(C)c1ccc2c(c1)C1OCCCC1C(c1ccsc1)N2. The van der Waals surface area contributed by atoms with Gasteiger partial charge in [0.2, 0.25) is 0 Å². The number of ether oxygens (including phenoxy) is 1. The number of thiophene rings is 1. The Hall–Kier alpha value is -1.32. The van der Waals surface area contributed by atoms with Crippen LogP contribution in [0, 0.1) is 5.92 Å². The maximum absolute atomic E-state index is 6.23. The third-order valence-corrected chi connectivity index (χ3v) is 5.76. The van der Waals surface area contributed by atoms with Crippen molar-refractivity contribution >= 4 is 17.0 Å². The molecule has 3 heteroatoms. The standard InChI is InChI=1S/C19H23NOS/c1-12(2)13-5-6-17-16(10-13)19-15(4-3-8-21-19)18(20-17)14-7-9-22-11-14/h5-7,9-12,15,18-20H,3-4,8H2,1-2H3. The second kappa shape index (κ2) is 5.71. The van der Waals surface area contributed by atoms with Gasteiger partial charge in [0.15, 0.2) is 0 Å².